The minimum Gasteiger partial charge on any atom is -0.380 e. The quantitative estimate of drug-likeness (QED) is 0.889. The molecule has 3 rings (SSSR count). The summed E-state index contributed by atoms with van der Waals surface area (Å²) in [7, 11) is 0. The van der Waals surface area contributed by atoms with E-state index in [-0.39, 0.29) is 10.8 Å². The fraction of sp³-hybridized carbons (Fsp3) is 0.250. The maximum Gasteiger partial charge on any atom is 0.175 e. The van der Waals surface area contributed by atoms with E-state index in [0.29, 0.717) is 22.8 Å². The molecule has 1 aliphatic rings. The standard InChI is InChI=1S/C12H10ClFN2O/c13-8-3-1-2-7(10(8)14)9-11(6-4-5-6)17-16-12(9)15/h1-3,6H,4-5H2,(H2,15,16). The molecule has 0 amide bonds. The predicted octanol–water partition coefficient (Wildman–Crippen LogP) is 3.59. The molecule has 0 unspecified atom stereocenters. The summed E-state index contributed by atoms with van der Waals surface area (Å²) >= 11 is 5.76. The molecule has 1 fully saturated rings. The Morgan fingerprint density at radius 3 is 2.88 bits per heavy atom. The highest BCUT2D eigenvalue weighted by atomic mass is 35.5. The Morgan fingerprint density at radius 2 is 2.18 bits per heavy atom. The van der Waals surface area contributed by atoms with E-state index >= 15 is 0 Å². The van der Waals surface area contributed by atoms with Crippen LogP contribution in [-0.4, -0.2) is 5.16 Å². The highest BCUT2D eigenvalue weighted by Crippen LogP contribution is 2.47. The Hall–Kier alpha value is -1.55. The fourth-order valence-electron chi connectivity index (χ4n) is 1.91. The van der Waals surface area contributed by atoms with Crippen molar-refractivity contribution in [1.29, 1.82) is 0 Å². The number of nitrogen functional groups attached to an aromatic ring is 1. The molecule has 0 saturated heterocycles. The Morgan fingerprint density at radius 1 is 1.41 bits per heavy atom. The van der Waals surface area contributed by atoms with Crippen molar-refractivity contribution in [3.05, 3.63) is 34.8 Å². The Labute approximate surface area is 102 Å². The topological polar surface area (TPSA) is 52.0 Å². The van der Waals surface area contributed by atoms with Crippen LogP contribution in [0, 0.1) is 5.82 Å². The second-order valence-corrected chi connectivity index (χ2v) is 4.59. The molecule has 0 aliphatic heterocycles. The monoisotopic (exact) mass is 252 g/mol. The van der Waals surface area contributed by atoms with Gasteiger partial charge in [-0.05, 0) is 18.9 Å². The van der Waals surface area contributed by atoms with Crippen LogP contribution in [0.3, 0.4) is 0 Å². The maximum absolute atomic E-state index is 14.0. The Kier molecular flexibility index (Phi) is 2.33. The third-order valence-corrected chi connectivity index (χ3v) is 3.21. The minimum atomic E-state index is -0.481. The van der Waals surface area contributed by atoms with Gasteiger partial charge in [-0.3, -0.25) is 0 Å². The molecule has 1 aromatic heterocycles. The smallest absolute Gasteiger partial charge is 0.175 e. The first-order valence-electron chi connectivity index (χ1n) is 5.38. The molecule has 0 bridgehead atoms. The predicted molar refractivity (Wildman–Crippen MR) is 63.3 cm³/mol. The van der Waals surface area contributed by atoms with Gasteiger partial charge >= 0.3 is 0 Å². The number of nitrogens with zero attached hydrogens (tertiary/aromatic N) is 1. The van der Waals surface area contributed by atoms with Crippen LogP contribution >= 0.6 is 11.6 Å². The second-order valence-electron chi connectivity index (χ2n) is 4.18. The van der Waals surface area contributed by atoms with Crippen LogP contribution in [0.2, 0.25) is 5.02 Å². The summed E-state index contributed by atoms with van der Waals surface area (Å²) in [4.78, 5) is 0. The summed E-state index contributed by atoms with van der Waals surface area (Å²) < 4.78 is 19.1. The number of rotatable bonds is 2. The van der Waals surface area contributed by atoms with Crippen LogP contribution in [0.4, 0.5) is 10.2 Å². The fourth-order valence-corrected chi connectivity index (χ4v) is 2.08. The number of hydrogen-bond acceptors (Lipinski definition) is 3. The molecule has 2 aromatic rings. The number of halogens is 2. The highest BCUT2D eigenvalue weighted by Gasteiger charge is 2.33. The van der Waals surface area contributed by atoms with E-state index in [1.807, 2.05) is 0 Å². The molecule has 5 heteroatoms. The van der Waals surface area contributed by atoms with Gasteiger partial charge in [0.1, 0.15) is 11.6 Å². The first-order valence-corrected chi connectivity index (χ1v) is 5.75. The van der Waals surface area contributed by atoms with Crippen molar-refractivity contribution in [2.75, 3.05) is 5.73 Å². The molecule has 0 spiro atoms. The summed E-state index contributed by atoms with van der Waals surface area (Å²) in [6, 6.07) is 4.82. The van der Waals surface area contributed by atoms with Crippen molar-refractivity contribution in [2.45, 2.75) is 18.8 Å². The molecule has 0 atom stereocenters. The zero-order valence-electron chi connectivity index (χ0n) is 8.91. The second kappa shape index (κ2) is 3.74. The van der Waals surface area contributed by atoms with Crippen LogP contribution in [0.1, 0.15) is 24.5 Å². The summed E-state index contributed by atoms with van der Waals surface area (Å²) in [5, 5.41) is 3.79. The zero-order valence-corrected chi connectivity index (χ0v) is 9.67. The van der Waals surface area contributed by atoms with Gasteiger partial charge in [0.25, 0.3) is 0 Å². The van der Waals surface area contributed by atoms with Gasteiger partial charge in [-0.2, -0.15) is 0 Å². The average molecular weight is 253 g/mol. The van der Waals surface area contributed by atoms with E-state index in [1.165, 1.54) is 6.07 Å². The van der Waals surface area contributed by atoms with Gasteiger partial charge in [0.05, 0.1) is 10.6 Å². The maximum atomic E-state index is 14.0. The first-order chi connectivity index (χ1) is 8.18. The molecule has 1 heterocycles. The number of benzene rings is 1. The van der Waals surface area contributed by atoms with E-state index in [2.05, 4.69) is 5.16 Å². The number of anilines is 1. The van der Waals surface area contributed by atoms with E-state index in [1.54, 1.807) is 12.1 Å². The molecule has 1 saturated carbocycles. The summed E-state index contributed by atoms with van der Waals surface area (Å²) in [5.74, 6) is 0.718. The third-order valence-electron chi connectivity index (χ3n) is 2.91. The average Bonchev–Trinajstić information content (AvgIpc) is 3.08. The van der Waals surface area contributed by atoms with E-state index < -0.39 is 5.82 Å². The molecule has 1 aromatic carbocycles. The molecule has 3 nitrogen and oxygen atoms in total. The number of nitrogens with two attached hydrogens (primary N) is 1. The summed E-state index contributed by atoms with van der Waals surface area (Å²) in [6.07, 6.45) is 2.06. The van der Waals surface area contributed by atoms with Crippen molar-refractivity contribution in [1.82, 2.24) is 5.16 Å². The number of hydrogen-bond donors (Lipinski definition) is 1. The van der Waals surface area contributed by atoms with Gasteiger partial charge in [-0.15, -0.1) is 0 Å². The molecule has 0 radical (unpaired) electrons. The largest absolute Gasteiger partial charge is 0.380 e. The van der Waals surface area contributed by atoms with E-state index in [9.17, 15) is 4.39 Å². The molecular formula is C12H10ClFN2O. The summed E-state index contributed by atoms with van der Waals surface area (Å²) in [6.45, 7) is 0. The van der Waals surface area contributed by atoms with Gasteiger partial charge in [0, 0.05) is 11.5 Å². The molecular weight excluding hydrogens is 243 g/mol. The van der Waals surface area contributed by atoms with Crippen molar-refractivity contribution in [2.24, 2.45) is 0 Å². The van der Waals surface area contributed by atoms with Crippen molar-refractivity contribution >= 4 is 17.4 Å². The molecule has 88 valence electrons. The van der Waals surface area contributed by atoms with Gasteiger partial charge in [-0.25, -0.2) is 4.39 Å². The van der Waals surface area contributed by atoms with Gasteiger partial charge < -0.3 is 10.3 Å². The van der Waals surface area contributed by atoms with Crippen LogP contribution in [0.25, 0.3) is 11.1 Å². The Balaban J connectivity index is 2.20. The SMILES string of the molecule is Nc1noc(C2CC2)c1-c1cccc(Cl)c1F. The highest BCUT2D eigenvalue weighted by molar-refractivity contribution is 6.31. The molecule has 2 N–H and O–H groups in total. The number of aromatic nitrogens is 1. The normalized spacial score (nSPS) is 15.2. The van der Waals surface area contributed by atoms with Crippen LogP contribution in [0.15, 0.2) is 22.7 Å². The lowest BCUT2D eigenvalue weighted by Gasteiger charge is -2.04. The Bertz CT molecular complexity index is 578. The summed E-state index contributed by atoms with van der Waals surface area (Å²) in [5.41, 5.74) is 6.65. The van der Waals surface area contributed by atoms with Gasteiger partial charge in [0.15, 0.2) is 5.82 Å². The zero-order chi connectivity index (χ0) is 12.0. The molecule has 17 heavy (non-hydrogen) atoms. The first kappa shape index (κ1) is 10.6. The van der Waals surface area contributed by atoms with E-state index in [4.69, 9.17) is 21.9 Å². The lowest BCUT2D eigenvalue weighted by molar-refractivity contribution is 0.387. The lowest BCUT2D eigenvalue weighted by Crippen LogP contribution is -1.93. The van der Waals surface area contributed by atoms with Crippen LogP contribution < -0.4 is 5.73 Å². The van der Waals surface area contributed by atoms with Crippen molar-refractivity contribution in [3.8, 4) is 11.1 Å². The van der Waals surface area contributed by atoms with Crippen LogP contribution in [-0.2, 0) is 0 Å². The van der Waals surface area contributed by atoms with Crippen molar-refractivity contribution in [3.63, 3.8) is 0 Å². The van der Waals surface area contributed by atoms with Crippen molar-refractivity contribution < 1.29 is 8.91 Å². The van der Waals surface area contributed by atoms with E-state index in [0.717, 1.165) is 12.8 Å². The lowest BCUT2D eigenvalue weighted by atomic mass is 10.0. The van der Waals surface area contributed by atoms with Gasteiger partial charge in [-0.1, -0.05) is 28.9 Å². The van der Waals surface area contributed by atoms with Crippen LogP contribution in [0.5, 0.6) is 0 Å². The third kappa shape index (κ3) is 1.69. The minimum absolute atomic E-state index is 0.0739. The molecule has 1 aliphatic carbocycles. The van der Waals surface area contributed by atoms with Gasteiger partial charge in [0.2, 0.25) is 0 Å².